The molecule has 1 aliphatic heterocycles. The van der Waals surface area contributed by atoms with Crippen LogP contribution in [0.25, 0.3) is 0 Å². The van der Waals surface area contributed by atoms with Gasteiger partial charge in [-0.25, -0.2) is 8.42 Å². The summed E-state index contributed by atoms with van der Waals surface area (Å²) in [5, 5.41) is 0.960. The molecule has 2 fully saturated rings. The summed E-state index contributed by atoms with van der Waals surface area (Å²) in [5.41, 5.74) is 0. The molecule has 0 atom stereocenters. The van der Waals surface area contributed by atoms with Gasteiger partial charge < -0.3 is 0 Å². The van der Waals surface area contributed by atoms with Crippen molar-refractivity contribution in [1.82, 2.24) is 9.21 Å². The Kier molecular flexibility index (Phi) is 6.11. The van der Waals surface area contributed by atoms with Gasteiger partial charge in [-0.2, -0.15) is 4.31 Å². The van der Waals surface area contributed by atoms with Crippen molar-refractivity contribution in [2.75, 3.05) is 43.8 Å². The third kappa shape index (κ3) is 4.69. The summed E-state index contributed by atoms with van der Waals surface area (Å²) in [6.07, 6.45) is 5.89. The topological polar surface area (TPSA) is 40.6 Å². The number of piperazine rings is 1. The van der Waals surface area contributed by atoms with Crippen molar-refractivity contribution in [2.24, 2.45) is 5.92 Å². The van der Waals surface area contributed by atoms with E-state index < -0.39 is 10.0 Å². The van der Waals surface area contributed by atoms with E-state index in [1.807, 2.05) is 0 Å². The molecular weight excluding hydrogens is 328 g/mol. The molecule has 4 nitrogen and oxygen atoms in total. The molecule has 2 rings (SSSR count). The van der Waals surface area contributed by atoms with Gasteiger partial charge in [0.2, 0.25) is 10.0 Å². The van der Waals surface area contributed by atoms with Gasteiger partial charge in [0.15, 0.2) is 0 Å². The van der Waals surface area contributed by atoms with Crippen LogP contribution in [0.4, 0.5) is 0 Å². The van der Waals surface area contributed by atoms with Crippen molar-refractivity contribution in [2.45, 2.75) is 32.1 Å². The van der Waals surface area contributed by atoms with Crippen LogP contribution in [-0.2, 0) is 10.0 Å². The van der Waals surface area contributed by atoms with E-state index in [1.165, 1.54) is 19.3 Å². The Hall–Kier alpha value is 0.350. The van der Waals surface area contributed by atoms with Gasteiger partial charge in [0.05, 0.1) is 5.75 Å². The van der Waals surface area contributed by atoms with Gasteiger partial charge in [-0.3, -0.25) is 4.90 Å². The molecule has 0 aromatic rings. The highest BCUT2D eigenvalue weighted by molar-refractivity contribution is 9.09. The zero-order valence-corrected chi connectivity index (χ0v) is 14.0. The summed E-state index contributed by atoms with van der Waals surface area (Å²) in [6, 6.07) is 0. The SMILES string of the molecule is O=S(=O)(CC1CCCCC1)N1CCN(CCBr)CC1. The van der Waals surface area contributed by atoms with Gasteiger partial charge in [-0.05, 0) is 18.8 Å². The molecule has 6 heteroatoms. The molecule has 1 saturated heterocycles. The van der Waals surface area contributed by atoms with Gasteiger partial charge in [-0.1, -0.05) is 35.2 Å². The van der Waals surface area contributed by atoms with Crippen LogP contribution in [0.3, 0.4) is 0 Å². The zero-order valence-electron chi connectivity index (χ0n) is 11.6. The van der Waals surface area contributed by atoms with Crippen molar-refractivity contribution in [3.05, 3.63) is 0 Å². The Bertz CT molecular complexity index is 361. The number of alkyl halides is 1. The van der Waals surface area contributed by atoms with Crippen LogP contribution in [0.15, 0.2) is 0 Å². The van der Waals surface area contributed by atoms with E-state index in [0.29, 0.717) is 24.8 Å². The third-order valence-electron chi connectivity index (χ3n) is 4.30. The summed E-state index contributed by atoms with van der Waals surface area (Å²) in [5.74, 6) is 0.783. The first kappa shape index (κ1) is 15.7. The summed E-state index contributed by atoms with van der Waals surface area (Å²) in [4.78, 5) is 2.32. The summed E-state index contributed by atoms with van der Waals surface area (Å²) in [7, 11) is -3.03. The lowest BCUT2D eigenvalue weighted by Gasteiger charge is -2.34. The monoisotopic (exact) mass is 352 g/mol. The van der Waals surface area contributed by atoms with Crippen LogP contribution < -0.4 is 0 Å². The Morgan fingerprint density at radius 1 is 1.00 bits per heavy atom. The molecule has 0 aromatic carbocycles. The highest BCUT2D eigenvalue weighted by Gasteiger charge is 2.29. The van der Waals surface area contributed by atoms with Gasteiger partial charge in [0.25, 0.3) is 0 Å². The molecule has 0 radical (unpaired) electrons. The number of hydrogen-bond acceptors (Lipinski definition) is 3. The molecular formula is C13H25BrN2O2S. The molecule has 1 heterocycles. The minimum absolute atomic E-state index is 0.380. The fourth-order valence-electron chi connectivity index (χ4n) is 3.11. The Morgan fingerprint density at radius 2 is 1.63 bits per heavy atom. The average Bonchev–Trinajstić information content (AvgIpc) is 2.40. The molecule has 19 heavy (non-hydrogen) atoms. The third-order valence-corrected chi connectivity index (χ3v) is 6.70. The molecule has 1 saturated carbocycles. The molecule has 2 aliphatic rings. The van der Waals surface area contributed by atoms with Crippen molar-refractivity contribution in [3.8, 4) is 0 Å². The minimum Gasteiger partial charge on any atom is -0.300 e. The highest BCUT2D eigenvalue weighted by Crippen LogP contribution is 2.26. The first-order valence-corrected chi connectivity index (χ1v) is 10.1. The largest absolute Gasteiger partial charge is 0.300 e. The molecule has 0 amide bonds. The van der Waals surface area contributed by atoms with Gasteiger partial charge in [0.1, 0.15) is 0 Å². The fraction of sp³-hybridized carbons (Fsp3) is 1.00. The van der Waals surface area contributed by atoms with Gasteiger partial charge in [0, 0.05) is 38.1 Å². The van der Waals surface area contributed by atoms with Crippen LogP contribution in [0, 0.1) is 5.92 Å². The number of rotatable bonds is 5. The Balaban J connectivity index is 1.83. The molecule has 0 N–H and O–H groups in total. The lowest BCUT2D eigenvalue weighted by Crippen LogP contribution is -2.50. The van der Waals surface area contributed by atoms with Crippen LogP contribution in [0.1, 0.15) is 32.1 Å². The summed E-state index contributed by atoms with van der Waals surface area (Å²) < 4.78 is 26.5. The van der Waals surface area contributed by atoms with Crippen LogP contribution in [0.2, 0.25) is 0 Å². The van der Waals surface area contributed by atoms with Crippen molar-refractivity contribution in [1.29, 1.82) is 0 Å². The number of nitrogens with zero attached hydrogens (tertiary/aromatic N) is 2. The first-order chi connectivity index (χ1) is 9.12. The maximum absolute atomic E-state index is 12.4. The van der Waals surface area contributed by atoms with E-state index in [1.54, 1.807) is 4.31 Å². The Morgan fingerprint density at radius 3 is 2.21 bits per heavy atom. The molecule has 0 bridgehead atoms. The highest BCUT2D eigenvalue weighted by atomic mass is 79.9. The van der Waals surface area contributed by atoms with Gasteiger partial charge >= 0.3 is 0 Å². The second-order valence-electron chi connectivity index (χ2n) is 5.71. The van der Waals surface area contributed by atoms with Crippen LogP contribution in [0.5, 0.6) is 0 Å². The van der Waals surface area contributed by atoms with Gasteiger partial charge in [-0.15, -0.1) is 0 Å². The maximum Gasteiger partial charge on any atom is 0.214 e. The van der Waals surface area contributed by atoms with Crippen molar-refractivity contribution < 1.29 is 8.42 Å². The lowest BCUT2D eigenvalue weighted by atomic mass is 9.91. The summed E-state index contributed by atoms with van der Waals surface area (Å²) >= 11 is 3.43. The fourth-order valence-corrected chi connectivity index (χ4v) is 5.47. The van der Waals surface area contributed by atoms with Crippen molar-refractivity contribution in [3.63, 3.8) is 0 Å². The first-order valence-electron chi connectivity index (χ1n) is 7.38. The summed E-state index contributed by atoms with van der Waals surface area (Å²) in [6.45, 7) is 4.09. The van der Waals surface area contributed by atoms with E-state index in [0.717, 1.165) is 37.8 Å². The molecule has 0 unspecified atom stereocenters. The van der Waals surface area contributed by atoms with Crippen molar-refractivity contribution >= 4 is 26.0 Å². The van der Waals surface area contributed by atoms with E-state index in [9.17, 15) is 8.42 Å². The standard InChI is InChI=1S/C13H25BrN2O2S/c14-6-7-15-8-10-16(11-9-15)19(17,18)12-13-4-2-1-3-5-13/h13H,1-12H2. The quantitative estimate of drug-likeness (QED) is 0.709. The lowest BCUT2D eigenvalue weighted by molar-refractivity contribution is 0.197. The van der Waals surface area contributed by atoms with Crippen LogP contribution in [-0.4, -0.2) is 61.4 Å². The molecule has 0 aromatic heterocycles. The van der Waals surface area contributed by atoms with E-state index in [4.69, 9.17) is 0 Å². The smallest absolute Gasteiger partial charge is 0.214 e. The Labute approximate surface area is 125 Å². The van der Waals surface area contributed by atoms with E-state index >= 15 is 0 Å². The second kappa shape index (κ2) is 7.38. The normalized spacial score (nSPS) is 24.7. The predicted octanol–water partition coefficient (Wildman–Crippen LogP) is 1.91. The molecule has 0 spiro atoms. The zero-order chi connectivity index (χ0) is 13.7. The number of hydrogen-bond donors (Lipinski definition) is 0. The number of halogens is 1. The minimum atomic E-state index is -3.03. The van der Waals surface area contributed by atoms with Crippen LogP contribution >= 0.6 is 15.9 Å². The predicted molar refractivity (Wildman–Crippen MR) is 82.2 cm³/mol. The molecule has 1 aliphatic carbocycles. The second-order valence-corrected chi connectivity index (χ2v) is 8.52. The maximum atomic E-state index is 12.4. The average molecular weight is 353 g/mol. The number of sulfonamides is 1. The van der Waals surface area contributed by atoms with E-state index in [2.05, 4.69) is 20.8 Å². The van der Waals surface area contributed by atoms with E-state index in [-0.39, 0.29) is 0 Å². The molecule has 112 valence electrons.